The van der Waals surface area contributed by atoms with E-state index in [0.717, 1.165) is 4.57 Å². The molecule has 1 aromatic rings. The molecule has 0 unspecified atom stereocenters. The number of rotatable bonds is 5. The predicted octanol–water partition coefficient (Wildman–Crippen LogP) is 0.745. The second-order valence-electron chi connectivity index (χ2n) is 3.23. The van der Waals surface area contributed by atoms with E-state index in [4.69, 9.17) is 9.84 Å². The van der Waals surface area contributed by atoms with Gasteiger partial charge in [-0.2, -0.15) is 0 Å². The Morgan fingerprint density at radius 2 is 2.28 bits per heavy atom. The van der Waals surface area contributed by atoms with Gasteiger partial charge in [-0.15, -0.1) is 0 Å². The van der Waals surface area contributed by atoms with Crippen molar-refractivity contribution in [2.24, 2.45) is 0 Å². The maximum Gasteiger partial charge on any atom is 0.375 e. The molecule has 0 amide bonds. The van der Waals surface area contributed by atoms with Crippen LogP contribution < -0.4 is 10.3 Å². The van der Waals surface area contributed by atoms with Crippen molar-refractivity contribution in [2.45, 2.75) is 11.9 Å². The van der Waals surface area contributed by atoms with E-state index < -0.39 is 28.7 Å². The third-order valence-electron chi connectivity index (χ3n) is 2.16. The standard InChI is InChI=1S/C9H9BrN2O6/c1-18-6-2-5(3-10)11(4-7(13)14)9(15)8(6)12(16)17/h2H,3-4H2,1H3,(H,13,14). The van der Waals surface area contributed by atoms with Gasteiger partial charge in [-0.25, -0.2) is 0 Å². The van der Waals surface area contributed by atoms with Crippen molar-refractivity contribution in [2.75, 3.05) is 7.11 Å². The number of aliphatic carboxylic acids is 1. The summed E-state index contributed by atoms with van der Waals surface area (Å²) in [5.41, 5.74) is -1.50. The minimum Gasteiger partial charge on any atom is -0.490 e. The zero-order valence-corrected chi connectivity index (χ0v) is 10.8. The van der Waals surface area contributed by atoms with Gasteiger partial charge < -0.3 is 9.84 Å². The van der Waals surface area contributed by atoms with Crippen LogP contribution in [-0.4, -0.2) is 27.7 Å². The SMILES string of the molecule is COc1cc(CBr)n(CC(=O)O)c(=O)c1[N+](=O)[O-]. The number of carbonyl (C=O) groups is 1. The quantitative estimate of drug-likeness (QED) is 0.486. The topological polar surface area (TPSA) is 112 Å². The first-order valence-electron chi connectivity index (χ1n) is 4.65. The first-order chi connectivity index (χ1) is 8.42. The Morgan fingerprint density at radius 3 is 2.67 bits per heavy atom. The summed E-state index contributed by atoms with van der Waals surface area (Å²) in [6.07, 6.45) is 0. The van der Waals surface area contributed by atoms with E-state index in [2.05, 4.69) is 15.9 Å². The highest BCUT2D eigenvalue weighted by molar-refractivity contribution is 9.08. The summed E-state index contributed by atoms with van der Waals surface area (Å²) in [6.45, 7) is -0.648. The number of hydrogen-bond acceptors (Lipinski definition) is 5. The number of alkyl halides is 1. The molecule has 0 radical (unpaired) electrons. The van der Waals surface area contributed by atoms with E-state index in [1.807, 2.05) is 0 Å². The van der Waals surface area contributed by atoms with Crippen LogP contribution in [0, 0.1) is 10.1 Å². The van der Waals surface area contributed by atoms with Crippen LogP contribution in [0.15, 0.2) is 10.9 Å². The summed E-state index contributed by atoms with van der Waals surface area (Å²) < 4.78 is 5.58. The highest BCUT2D eigenvalue weighted by Crippen LogP contribution is 2.24. The van der Waals surface area contributed by atoms with Crippen LogP contribution in [0.1, 0.15) is 5.69 Å². The number of aromatic nitrogens is 1. The number of carboxylic acid groups (broad SMARTS) is 1. The summed E-state index contributed by atoms with van der Waals surface area (Å²) in [5.74, 6) is -1.46. The largest absolute Gasteiger partial charge is 0.490 e. The van der Waals surface area contributed by atoms with Crippen LogP contribution in [0.2, 0.25) is 0 Å². The molecule has 98 valence electrons. The van der Waals surface area contributed by atoms with E-state index in [1.165, 1.54) is 13.2 Å². The van der Waals surface area contributed by atoms with E-state index in [1.54, 1.807) is 0 Å². The van der Waals surface area contributed by atoms with Gasteiger partial charge in [-0.3, -0.25) is 24.3 Å². The molecule has 0 aliphatic carbocycles. The predicted molar refractivity (Wildman–Crippen MR) is 64.2 cm³/mol. The zero-order valence-electron chi connectivity index (χ0n) is 9.25. The highest BCUT2D eigenvalue weighted by atomic mass is 79.9. The second kappa shape index (κ2) is 5.63. The van der Waals surface area contributed by atoms with Crippen LogP contribution in [-0.2, 0) is 16.7 Å². The van der Waals surface area contributed by atoms with Crippen molar-refractivity contribution >= 4 is 27.6 Å². The summed E-state index contributed by atoms with van der Waals surface area (Å²) in [4.78, 5) is 32.4. The van der Waals surface area contributed by atoms with Crippen LogP contribution in [0.5, 0.6) is 5.75 Å². The molecule has 1 rings (SSSR count). The Morgan fingerprint density at radius 1 is 1.67 bits per heavy atom. The van der Waals surface area contributed by atoms with Gasteiger partial charge in [-0.05, 0) is 0 Å². The Hall–Kier alpha value is -1.90. The van der Waals surface area contributed by atoms with Gasteiger partial charge in [0.2, 0.25) is 5.75 Å². The lowest BCUT2D eigenvalue weighted by molar-refractivity contribution is -0.387. The average molecular weight is 321 g/mol. The van der Waals surface area contributed by atoms with Gasteiger partial charge in [0, 0.05) is 17.1 Å². The van der Waals surface area contributed by atoms with Crippen molar-refractivity contribution in [1.82, 2.24) is 4.57 Å². The van der Waals surface area contributed by atoms with Crippen LogP contribution >= 0.6 is 15.9 Å². The number of pyridine rings is 1. The molecule has 8 nitrogen and oxygen atoms in total. The number of ether oxygens (including phenoxy) is 1. The Kier molecular flexibility index (Phi) is 4.43. The summed E-state index contributed by atoms with van der Waals surface area (Å²) in [6, 6.07) is 1.26. The molecule has 0 bridgehead atoms. The van der Waals surface area contributed by atoms with E-state index >= 15 is 0 Å². The van der Waals surface area contributed by atoms with E-state index in [9.17, 15) is 19.7 Å². The molecule has 0 fully saturated rings. The number of hydrogen-bond donors (Lipinski definition) is 1. The third-order valence-corrected chi connectivity index (χ3v) is 2.73. The lowest BCUT2D eigenvalue weighted by Crippen LogP contribution is -2.28. The first-order valence-corrected chi connectivity index (χ1v) is 5.77. The van der Waals surface area contributed by atoms with E-state index in [0.29, 0.717) is 0 Å². The Labute approximate surface area is 109 Å². The minimum absolute atomic E-state index is 0.171. The lowest BCUT2D eigenvalue weighted by Gasteiger charge is -2.10. The average Bonchev–Trinajstić information content (AvgIpc) is 2.30. The molecule has 0 saturated carbocycles. The molecule has 1 heterocycles. The summed E-state index contributed by atoms with van der Waals surface area (Å²) in [5, 5.41) is 19.7. The fraction of sp³-hybridized carbons (Fsp3) is 0.333. The third kappa shape index (κ3) is 2.67. The maximum atomic E-state index is 11.9. The zero-order chi connectivity index (χ0) is 13.9. The monoisotopic (exact) mass is 320 g/mol. The molecule has 18 heavy (non-hydrogen) atoms. The number of nitro groups is 1. The molecule has 1 N–H and O–H groups in total. The van der Waals surface area contributed by atoms with Gasteiger partial charge in [0.1, 0.15) is 6.54 Å². The molecule has 1 aromatic heterocycles. The molecule has 0 atom stereocenters. The van der Waals surface area contributed by atoms with Crippen molar-refractivity contribution in [1.29, 1.82) is 0 Å². The van der Waals surface area contributed by atoms with Gasteiger partial charge in [0.15, 0.2) is 0 Å². The number of halogens is 1. The van der Waals surface area contributed by atoms with E-state index in [-0.39, 0.29) is 16.8 Å². The van der Waals surface area contributed by atoms with Gasteiger partial charge >= 0.3 is 17.2 Å². The van der Waals surface area contributed by atoms with Crippen LogP contribution in [0.4, 0.5) is 5.69 Å². The molecule has 0 spiro atoms. The molecule has 0 aliphatic heterocycles. The Balaban J connectivity index is 3.60. The van der Waals surface area contributed by atoms with Gasteiger partial charge in [0.25, 0.3) is 0 Å². The lowest BCUT2D eigenvalue weighted by atomic mass is 10.3. The van der Waals surface area contributed by atoms with Crippen molar-refractivity contribution in [3.63, 3.8) is 0 Å². The van der Waals surface area contributed by atoms with Crippen LogP contribution in [0.3, 0.4) is 0 Å². The molecular formula is C9H9BrN2O6. The smallest absolute Gasteiger partial charge is 0.375 e. The van der Waals surface area contributed by atoms with Gasteiger partial charge in [0.05, 0.1) is 12.0 Å². The summed E-state index contributed by atoms with van der Waals surface area (Å²) in [7, 11) is 1.20. The van der Waals surface area contributed by atoms with Crippen LogP contribution in [0.25, 0.3) is 0 Å². The Bertz CT molecular complexity index is 553. The van der Waals surface area contributed by atoms with Crippen molar-refractivity contribution in [3.8, 4) is 5.75 Å². The fourth-order valence-corrected chi connectivity index (χ4v) is 1.87. The maximum absolute atomic E-state index is 11.9. The van der Waals surface area contributed by atoms with Crippen molar-refractivity contribution < 1.29 is 19.6 Å². The molecule has 0 aliphatic rings. The molecule has 9 heteroatoms. The number of carboxylic acids is 1. The normalized spacial score (nSPS) is 10.1. The van der Waals surface area contributed by atoms with Gasteiger partial charge in [-0.1, -0.05) is 15.9 Å². The highest BCUT2D eigenvalue weighted by Gasteiger charge is 2.25. The number of nitrogens with zero attached hydrogens (tertiary/aromatic N) is 2. The first kappa shape index (κ1) is 14.2. The van der Waals surface area contributed by atoms with Crippen molar-refractivity contribution in [3.05, 3.63) is 32.2 Å². The number of methoxy groups -OCH3 is 1. The summed E-state index contributed by atoms with van der Waals surface area (Å²) >= 11 is 3.08. The molecular weight excluding hydrogens is 312 g/mol. The second-order valence-corrected chi connectivity index (χ2v) is 3.79. The fourth-order valence-electron chi connectivity index (χ4n) is 1.40. The minimum atomic E-state index is -1.27. The molecule has 0 aromatic carbocycles. The molecule has 0 saturated heterocycles.